The summed E-state index contributed by atoms with van der Waals surface area (Å²) in [5.74, 6) is 2.40. The molecule has 0 radical (unpaired) electrons. The molecule has 1 aromatic carbocycles. The van der Waals surface area contributed by atoms with E-state index in [1.165, 1.54) is 0 Å². The molecular formula is C22H28N4O4. The van der Waals surface area contributed by atoms with Crippen LogP contribution in [0, 0.1) is 0 Å². The molecule has 0 fully saturated rings. The van der Waals surface area contributed by atoms with Crippen LogP contribution in [0.4, 0.5) is 5.82 Å². The van der Waals surface area contributed by atoms with E-state index in [0.717, 1.165) is 16.5 Å². The molecule has 1 aliphatic heterocycles. The monoisotopic (exact) mass is 412 g/mol. The lowest BCUT2D eigenvalue weighted by molar-refractivity contribution is 0.0686. The first-order chi connectivity index (χ1) is 14.3. The van der Waals surface area contributed by atoms with Crippen molar-refractivity contribution in [1.29, 1.82) is 0 Å². The van der Waals surface area contributed by atoms with Crippen LogP contribution < -0.4 is 14.4 Å². The molecule has 4 rings (SSSR count). The van der Waals surface area contributed by atoms with Crippen molar-refractivity contribution in [1.82, 2.24) is 15.0 Å². The van der Waals surface area contributed by atoms with Crippen molar-refractivity contribution < 1.29 is 19.3 Å². The van der Waals surface area contributed by atoms with Crippen LogP contribution in [0.3, 0.4) is 0 Å². The Labute approximate surface area is 175 Å². The SMILES string of the molecule is COCCN1c2nc(-c3cc(OC)cc4[nH]ccc34)nc(C(C)(C)O)c2OCC1C. The number of H-pyrrole nitrogens is 1. The van der Waals surface area contributed by atoms with Gasteiger partial charge in [-0.25, -0.2) is 9.97 Å². The predicted octanol–water partition coefficient (Wildman–Crippen LogP) is 3.09. The van der Waals surface area contributed by atoms with E-state index in [-0.39, 0.29) is 6.04 Å². The molecule has 160 valence electrons. The normalized spacial score (nSPS) is 16.5. The average molecular weight is 412 g/mol. The average Bonchev–Trinajstić information content (AvgIpc) is 3.19. The van der Waals surface area contributed by atoms with E-state index in [9.17, 15) is 5.11 Å². The number of hydrogen-bond acceptors (Lipinski definition) is 7. The molecule has 0 spiro atoms. The number of aromatic amines is 1. The first-order valence-corrected chi connectivity index (χ1v) is 10.0. The highest BCUT2D eigenvalue weighted by atomic mass is 16.5. The second-order valence-corrected chi connectivity index (χ2v) is 8.07. The highest BCUT2D eigenvalue weighted by Gasteiger charge is 2.34. The fourth-order valence-corrected chi connectivity index (χ4v) is 3.76. The van der Waals surface area contributed by atoms with Crippen molar-refractivity contribution in [2.75, 3.05) is 38.9 Å². The number of benzene rings is 1. The summed E-state index contributed by atoms with van der Waals surface area (Å²) in [5.41, 5.74) is 1.01. The van der Waals surface area contributed by atoms with Crippen molar-refractivity contribution in [3.8, 4) is 22.9 Å². The molecule has 1 atom stereocenters. The standard InChI is InChI=1S/C22H28N4O4/c1-13-12-30-18-19(22(2,3)27)24-20(25-21(18)26(13)8-9-28-4)16-10-14(29-5)11-17-15(16)6-7-23-17/h6-7,10-11,13,23,27H,8-9,12H2,1-5H3. The predicted molar refractivity (Wildman–Crippen MR) is 115 cm³/mol. The number of ether oxygens (including phenoxy) is 3. The molecule has 2 aromatic heterocycles. The number of anilines is 1. The number of nitrogens with zero attached hydrogens (tertiary/aromatic N) is 3. The van der Waals surface area contributed by atoms with Gasteiger partial charge in [-0.1, -0.05) is 0 Å². The molecule has 0 amide bonds. The summed E-state index contributed by atoms with van der Waals surface area (Å²) < 4.78 is 16.8. The smallest absolute Gasteiger partial charge is 0.186 e. The molecule has 0 saturated heterocycles. The van der Waals surface area contributed by atoms with Crippen LogP contribution in [0.1, 0.15) is 26.5 Å². The van der Waals surface area contributed by atoms with E-state index < -0.39 is 5.60 Å². The summed E-state index contributed by atoms with van der Waals surface area (Å²) in [6.45, 7) is 7.20. The lowest BCUT2D eigenvalue weighted by Gasteiger charge is -2.37. The zero-order chi connectivity index (χ0) is 21.5. The van der Waals surface area contributed by atoms with E-state index in [1.807, 2.05) is 24.4 Å². The Hall–Kier alpha value is -2.84. The van der Waals surface area contributed by atoms with Gasteiger partial charge in [0, 0.05) is 42.4 Å². The van der Waals surface area contributed by atoms with E-state index in [0.29, 0.717) is 48.6 Å². The Bertz CT molecular complexity index is 1060. The van der Waals surface area contributed by atoms with Gasteiger partial charge >= 0.3 is 0 Å². The van der Waals surface area contributed by atoms with E-state index >= 15 is 0 Å². The van der Waals surface area contributed by atoms with Gasteiger partial charge < -0.3 is 29.2 Å². The van der Waals surface area contributed by atoms with Gasteiger partial charge in [0.15, 0.2) is 17.4 Å². The summed E-state index contributed by atoms with van der Waals surface area (Å²) in [5, 5.41) is 11.9. The fraction of sp³-hybridized carbons (Fsp3) is 0.455. The van der Waals surface area contributed by atoms with Crippen LogP contribution >= 0.6 is 0 Å². The molecule has 1 unspecified atom stereocenters. The molecule has 8 nitrogen and oxygen atoms in total. The van der Waals surface area contributed by atoms with E-state index in [4.69, 9.17) is 24.2 Å². The molecule has 3 heterocycles. The number of hydrogen-bond donors (Lipinski definition) is 2. The van der Waals surface area contributed by atoms with Gasteiger partial charge in [-0.3, -0.25) is 0 Å². The van der Waals surface area contributed by atoms with Gasteiger partial charge in [-0.2, -0.15) is 0 Å². The third-order valence-corrected chi connectivity index (χ3v) is 5.36. The van der Waals surface area contributed by atoms with Gasteiger partial charge in [0.2, 0.25) is 0 Å². The number of aliphatic hydroxyl groups is 1. The summed E-state index contributed by atoms with van der Waals surface area (Å²) >= 11 is 0. The zero-order valence-corrected chi connectivity index (χ0v) is 18.0. The van der Waals surface area contributed by atoms with Crippen LogP contribution in [0.25, 0.3) is 22.3 Å². The van der Waals surface area contributed by atoms with Crippen LogP contribution in [0.15, 0.2) is 24.4 Å². The van der Waals surface area contributed by atoms with Crippen molar-refractivity contribution in [2.45, 2.75) is 32.4 Å². The molecule has 0 saturated carbocycles. The molecule has 0 bridgehead atoms. The number of methoxy groups -OCH3 is 2. The van der Waals surface area contributed by atoms with Gasteiger partial charge in [-0.05, 0) is 32.9 Å². The number of nitrogens with one attached hydrogen (secondary N) is 1. The Morgan fingerprint density at radius 1 is 1.30 bits per heavy atom. The summed E-state index contributed by atoms with van der Waals surface area (Å²) in [6, 6.07) is 5.95. The number of aromatic nitrogens is 3. The second kappa shape index (κ2) is 7.77. The lowest BCUT2D eigenvalue weighted by Crippen LogP contribution is -2.44. The van der Waals surface area contributed by atoms with E-state index in [1.54, 1.807) is 28.1 Å². The maximum atomic E-state index is 10.9. The maximum absolute atomic E-state index is 10.9. The minimum Gasteiger partial charge on any atom is -0.497 e. The summed E-state index contributed by atoms with van der Waals surface area (Å²) in [4.78, 5) is 15.0. The second-order valence-electron chi connectivity index (χ2n) is 8.07. The molecular weight excluding hydrogens is 384 g/mol. The van der Waals surface area contributed by atoms with Gasteiger partial charge in [0.1, 0.15) is 23.7 Å². The highest BCUT2D eigenvalue weighted by molar-refractivity contribution is 5.95. The Morgan fingerprint density at radius 3 is 2.80 bits per heavy atom. The third kappa shape index (κ3) is 3.57. The first-order valence-electron chi connectivity index (χ1n) is 10.0. The Kier molecular flexibility index (Phi) is 5.29. The van der Waals surface area contributed by atoms with Gasteiger partial charge in [-0.15, -0.1) is 0 Å². The van der Waals surface area contributed by atoms with Crippen molar-refractivity contribution in [2.24, 2.45) is 0 Å². The maximum Gasteiger partial charge on any atom is 0.186 e. The summed E-state index contributed by atoms with van der Waals surface area (Å²) in [7, 11) is 3.31. The van der Waals surface area contributed by atoms with Crippen LogP contribution in [0.5, 0.6) is 11.5 Å². The highest BCUT2D eigenvalue weighted by Crippen LogP contribution is 2.41. The molecule has 30 heavy (non-hydrogen) atoms. The van der Waals surface area contributed by atoms with Crippen molar-refractivity contribution in [3.63, 3.8) is 0 Å². The quantitative estimate of drug-likeness (QED) is 0.643. The lowest BCUT2D eigenvalue weighted by atomic mass is 10.0. The topological polar surface area (TPSA) is 92.7 Å². The number of fused-ring (bicyclic) bond motifs is 2. The summed E-state index contributed by atoms with van der Waals surface area (Å²) in [6.07, 6.45) is 1.87. The molecule has 1 aliphatic rings. The minimum atomic E-state index is -1.20. The Balaban J connectivity index is 1.97. The molecule has 0 aliphatic carbocycles. The number of rotatable bonds is 6. The molecule has 3 aromatic rings. The van der Waals surface area contributed by atoms with Crippen LogP contribution in [0.2, 0.25) is 0 Å². The minimum absolute atomic E-state index is 0.114. The van der Waals surface area contributed by atoms with Gasteiger partial charge in [0.25, 0.3) is 0 Å². The van der Waals surface area contributed by atoms with E-state index in [2.05, 4.69) is 16.8 Å². The largest absolute Gasteiger partial charge is 0.497 e. The molecule has 8 heteroatoms. The fourth-order valence-electron chi connectivity index (χ4n) is 3.76. The van der Waals surface area contributed by atoms with Gasteiger partial charge in [0.05, 0.1) is 19.8 Å². The van der Waals surface area contributed by atoms with Crippen molar-refractivity contribution in [3.05, 3.63) is 30.1 Å². The first kappa shape index (κ1) is 20.4. The zero-order valence-electron chi connectivity index (χ0n) is 18.0. The third-order valence-electron chi connectivity index (χ3n) is 5.36. The van der Waals surface area contributed by atoms with Crippen molar-refractivity contribution >= 4 is 16.7 Å². The van der Waals surface area contributed by atoms with Crippen LogP contribution in [-0.4, -0.2) is 60.1 Å². The molecule has 2 N–H and O–H groups in total. The Morgan fingerprint density at radius 2 is 2.10 bits per heavy atom. The van der Waals surface area contributed by atoms with Crippen LogP contribution in [-0.2, 0) is 10.3 Å².